The predicted molar refractivity (Wildman–Crippen MR) is 72.5 cm³/mol. The van der Waals surface area contributed by atoms with Crippen LogP contribution in [-0.2, 0) is 4.74 Å². The van der Waals surface area contributed by atoms with Crippen LogP contribution in [0.25, 0.3) is 0 Å². The molecule has 1 aliphatic heterocycles. The van der Waals surface area contributed by atoms with Gasteiger partial charge < -0.3 is 19.9 Å². The highest BCUT2D eigenvalue weighted by molar-refractivity contribution is 4.77. The molecule has 4 nitrogen and oxygen atoms in total. The van der Waals surface area contributed by atoms with Crippen LogP contribution in [0.2, 0.25) is 0 Å². The van der Waals surface area contributed by atoms with Crippen LogP contribution < -0.4 is 5.32 Å². The van der Waals surface area contributed by atoms with Crippen LogP contribution in [0.5, 0.6) is 0 Å². The van der Waals surface area contributed by atoms with Crippen LogP contribution in [-0.4, -0.2) is 76.4 Å². The van der Waals surface area contributed by atoms with Gasteiger partial charge in [-0.1, -0.05) is 0 Å². The van der Waals surface area contributed by atoms with E-state index in [0.717, 1.165) is 32.2 Å². The molecule has 0 aromatic rings. The van der Waals surface area contributed by atoms with Crippen LogP contribution in [0.4, 0.5) is 0 Å². The Morgan fingerprint density at radius 3 is 2.53 bits per heavy atom. The summed E-state index contributed by atoms with van der Waals surface area (Å²) in [5.74, 6) is 0. The van der Waals surface area contributed by atoms with Crippen LogP contribution in [0.3, 0.4) is 0 Å². The molecule has 1 heterocycles. The van der Waals surface area contributed by atoms with Gasteiger partial charge >= 0.3 is 0 Å². The summed E-state index contributed by atoms with van der Waals surface area (Å²) in [6.07, 6.45) is 3.74. The lowest BCUT2D eigenvalue weighted by Gasteiger charge is -2.35. The third-order valence-electron chi connectivity index (χ3n) is 3.59. The molecule has 0 aliphatic carbocycles. The van der Waals surface area contributed by atoms with Crippen molar-refractivity contribution in [3.63, 3.8) is 0 Å². The van der Waals surface area contributed by atoms with Crippen molar-refractivity contribution >= 4 is 0 Å². The van der Waals surface area contributed by atoms with Crippen molar-refractivity contribution in [1.82, 2.24) is 15.1 Å². The van der Waals surface area contributed by atoms with E-state index in [0.29, 0.717) is 0 Å². The van der Waals surface area contributed by atoms with Gasteiger partial charge in [-0.25, -0.2) is 0 Å². The minimum atomic E-state index is 0.793. The highest BCUT2D eigenvalue weighted by Crippen LogP contribution is 2.13. The average Bonchev–Trinajstić information content (AvgIpc) is 2.34. The first-order valence-electron chi connectivity index (χ1n) is 6.82. The molecule has 0 amide bonds. The van der Waals surface area contributed by atoms with Gasteiger partial charge in [0.05, 0.1) is 0 Å². The molecule has 4 heteroatoms. The zero-order valence-corrected chi connectivity index (χ0v) is 11.7. The normalized spacial score (nSPS) is 19.1. The van der Waals surface area contributed by atoms with E-state index < -0.39 is 0 Å². The Labute approximate surface area is 106 Å². The topological polar surface area (TPSA) is 27.7 Å². The van der Waals surface area contributed by atoms with Gasteiger partial charge in [0.25, 0.3) is 0 Å². The standard InChI is InChI=1S/C13H29N3O/c1-15(2)13-5-9-16(10-6-13)11-8-14-7-4-12-17-3/h13-14H,4-12H2,1-3H3. The van der Waals surface area contributed by atoms with Crippen molar-refractivity contribution in [3.8, 4) is 0 Å². The summed E-state index contributed by atoms with van der Waals surface area (Å²) in [6, 6.07) is 0.793. The monoisotopic (exact) mass is 243 g/mol. The van der Waals surface area contributed by atoms with Crippen LogP contribution in [0.1, 0.15) is 19.3 Å². The Morgan fingerprint density at radius 2 is 1.94 bits per heavy atom. The summed E-state index contributed by atoms with van der Waals surface area (Å²) in [4.78, 5) is 4.93. The number of rotatable bonds is 8. The van der Waals surface area contributed by atoms with Crippen molar-refractivity contribution < 1.29 is 4.74 Å². The molecule has 17 heavy (non-hydrogen) atoms. The van der Waals surface area contributed by atoms with E-state index >= 15 is 0 Å². The van der Waals surface area contributed by atoms with E-state index in [-0.39, 0.29) is 0 Å². The molecule has 1 aliphatic rings. The summed E-state index contributed by atoms with van der Waals surface area (Å²) in [5.41, 5.74) is 0. The summed E-state index contributed by atoms with van der Waals surface area (Å²) in [5, 5.41) is 3.47. The molecule has 0 aromatic heterocycles. The van der Waals surface area contributed by atoms with E-state index in [1.807, 2.05) is 0 Å². The van der Waals surface area contributed by atoms with Gasteiger partial charge in [0, 0.05) is 32.8 Å². The van der Waals surface area contributed by atoms with Crippen LogP contribution in [0.15, 0.2) is 0 Å². The first-order chi connectivity index (χ1) is 8.24. The van der Waals surface area contributed by atoms with Gasteiger partial charge in [-0.15, -0.1) is 0 Å². The maximum absolute atomic E-state index is 5.02. The predicted octanol–water partition coefficient (Wildman–Crippen LogP) is 0.639. The Balaban J connectivity index is 1.95. The highest BCUT2D eigenvalue weighted by Gasteiger charge is 2.19. The SMILES string of the molecule is COCCCNCCN1CCC(N(C)C)CC1. The first-order valence-corrected chi connectivity index (χ1v) is 6.82. The molecule has 0 bridgehead atoms. The first kappa shape index (κ1) is 14.9. The van der Waals surface area contributed by atoms with E-state index in [9.17, 15) is 0 Å². The lowest BCUT2D eigenvalue weighted by molar-refractivity contribution is 0.145. The van der Waals surface area contributed by atoms with Gasteiger partial charge in [0.15, 0.2) is 0 Å². The van der Waals surface area contributed by atoms with Gasteiger partial charge in [0.1, 0.15) is 0 Å². The van der Waals surface area contributed by atoms with Crippen molar-refractivity contribution in [2.24, 2.45) is 0 Å². The van der Waals surface area contributed by atoms with Crippen LogP contribution >= 0.6 is 0 Å². The molecule has 0 radical (unpaired) electrons. The van der Waals surface area contributed by atoms with Gasteiger partial charge in [0.2, 0.25) is 0 Å². The van der Waals surface area contributed by atoms with Crippen molar-refractivity contribution in [2.75, 3.05) is 60.5 Å². The summed E-state index contributed by atoms with van der Waals surface area (Å²) in [6.45, 7) is 6.73. The number of hydrogen-bond donors (Lipinski definition) is 1. The van der Waals surface area contributed by atoms with E-state index in [1.54, 1.807) is 7.11 Å². The number of nitrogens with zero attached hydrogens (tertiary/aromatic N) is 2. The highest BCUT2D eigenvalue weighted by atomic mass is 16.5. The maximum atomic E-state index is 5.02. The molecule has 1 rings (SSSR count). The largest absolute Gasteiger partial charge is 0.385 e. The number of methoxy groups -OCH3 is 1. The second-order valence-corrected chi connectivity index (χ2v) is 5.13. The zero-order chi connectivity index (χ0) is 12.5. The summed E-state index contributed by atoms with van der Waals surface area (Å²) < 4.78 is 5.02. The summed E-state index contributed by atoms with van der Waals surface area (Å²) in [7, 11) is 6.14. The minimum absolute atomic E-state index is 0.793. The third-order valence-corrected chi connectivity index (χ3v) is 3.59. The Morgan fingerprint density at radius 1 is 1.24 bits per heavy atom. The van der Waals surface area contributed by atoms with E-state index in [1.165, 1.54) is 32.5 Å². The van der Waals surface area contributed by atoms with Crippen molar-refractivity contribution in [2.45, 2.75) is 25.3 Å². The summed E-state index contributed by atoms with van der Waals surface area (Å²) >= 11 is 0. The molecule has 0 saturated carbocycles. The molecule has 0 aromatic carbocycles. The molecule has 1 saturated heterocycles. The maximum Gasteiger partial charge on any atom is 0.0474 e. The van der Waals surface area contributed by atoms with Crippen molar-refractivity contribution in [1.29, 1.82) is 0 Å². The Kier molecular flexibility index (Phi) is 7.77. The number of hydrogen-bond acceptors (Lipinski definition) is 4. The molecular weight excluding hydrogens is 214 g/mol. The Hall–Kier alpha value is -0.160. The molecule has 0 unspecified atom stereocenters. The third kappa shape index (κ3) is 6.36. The molecule has 1 N–H and O–H groups in total. The fourth-order valence-corrected chi connectivity index (χ4v) is 2.36. The second-order valence-electron chi connectivity index (χ2n) is 5.13. The lowest BCUT2D eigenvalue weighted by atomic mass is 10.0. The quantitative estimate of drug-likeness (QED) is 0.633. The average molecular weight is 243 g/mol. The fraction of sp³-hybridized carbons (Fsp3) is 1.00. The minimum Gasteiger partial charge on any atom is -0.385 e. The molecule has 0 spiro atoms. The van der Waals surface area contributed by atoms with Gasteiger partial charge in [-0.3, -0.25) is 0 Å². The number of piperidine rings is 1. The van der Waals surface area contributed by atoms with Gasteiger partial charge in [-0.2, -0.15) is 0 Å². The molecule has 0 atom stereocenters. The smallest absolute Gasteiger partial charge is 0.0474 e. The van der Waals surface area contributed by atoms with Gasteiger partial charge in [-0.05, 0) is 53.0 Å². The number of likely N-dealkylation sites (tertiary alicyclic amines) is 1. The Bertz CT molecular complexity index is 180. The molecular formula is C13H29N3O. The lowest BCUT2D eigenvalue weighted by Crippen LogP contribution is -2.44. The second kappa shape index (κ2) is 8.86. The number of ether oxygens (including phenoxy) is 1. The zero-order valence-electron chi connectivity index (χ0n) is 11.7. The van der Waals surface area contributed by atoms with E-state index in [4.69, 9.17) is 4.74 Å². The van der Waals surface area contributed by atoms with E-state index in [2.05, 4.69) is 29.2 Å². The molecule has 1 fully saturated rings. The molecule has 102 valence electrons. The number of nitrogens with one attached hydrogen (secondary N) is 1. The van der Waals surface area contributed by atoms with Crippen molar-refractivity contribution in [3.05, 3.63) is 0 Å². The van der Waals surface area contributed by atoms with Crippen LogP contribution in [0, 0.1) is 0 Å². The fourth-order valence-electron chi connectivity index (χ4n) is 2.36.